The maximum Gasteiger partial charge on any atom is 0.0745 e. The van der Waals surface area contributed by atoms with Crippen LogP contribution in [0, 0.1) is 0 Å². The molecule has 0 unspecified atom stereocenters. The Balaban J connectivity index is 0.000000146. The molecule has 2 aromatic rings. The van der Waals surface area contributed by atoms with E-state index in [1.807, 2.05) is 42.5 Å². The van der Waals surface area contributed by atoms with E-state index >= 15 is 0 Å². The van der Waals surface area contributed by atoms with E-state index in [0.29, 0.717) is 0 Å². The molecule has 1 heterocycles. The second kappa shape index (κ2) is 6.62. The van der Waals surface area contributed by atoms with Crippen molar-refractivity contribution in [3.63, 3.8) is 0 Å². The molecule has 0 saturated heterocycles. The molecule has 0 aliphatic carbocycles. The Morgan fingerprint density at radius 3 is 1.86 bits per heavy atom. The largest absolute Gasteiger partial charge is 0.180 e. The molecule has 14 heavy (non-hydrogen) atoms. The third-order valence-electron chi connectivity index (χ3n) is 1.42. The summed E-state index contributed by atoms with van der Waals surface area (Å²) in [5, 5.41) is 4.62. The topological polar surface area (TPSA) is 17.8 Å². The summed E-state index contributed by atoms with van der Waals surface area (Å²) in [5.74, 6) is 0. The molecule has 74 valence electrons. The molecule has 2 rings (SSSR count). The molecule has 0 saturated carbocycles. The minimum Gasteiger partial charge on any atom is -0.180 e. The summed E-state index contributed by atoms with van der Waals surface area (Å²) in [6.45, 7) is 0. The molecule has 0 amide bonds. The average Bonchev–Trinajstić information content (AvgIpc) is 2.68. The van der Waals surface area contributed by atoms with E-state index in [4.69, 9.17) is 11.8 Å². The van der Waals surface area contributed by atoms with Crippen molar-refractivity contribution >= 4 is 27.7 Å². The number of nitrogens with zero attached hydrogens (tertiary/aromatic N) is 2. The summed E-state index contributed by atoms with van der Waals surface area (Å²) in [4.78, 5) is 0. The van der Waals surface area contributed by atoms with Gasteiger partial charge in [0.15, 0.2) is 0 Å². The first-order valence-electron chi connectivity index (χ1n) is 4.09. The maximum absolute atomic E-state index is 5.42. The van der Waals surface area contributed by atoms with Gasteiger partial charge in [0.05, 0.1) is 5.69 Å². The highest BCUT2D eigenvalue weighted by atomic mass is 79.9. The maximum atomic E-state index is 5.42. The first-order chi connectivity index (χ1) is 6.83. The van der Waals surface area contributed by atoms with Crippen molar-refractivity contribution in [2.75, 3.05) is 0 Å². The van der Waals surface area contributed by atoms with E-state index < -0.39 is 0 Å². The predicted molar refractivity (Wildman–Crippen MR) is 62.6 cm³/mol. The molecule has 0 radical (unpaired) electrons. The number of hydrogen-bond donors (Lipinski definition) is 0. The third-order valence-corrected chi connectivity index (χ3v) is 2.18. The van der Waals surface area contributed by atoms with Gasteiger partial charge >= 0.3 is 0 Å². The first-order valence-corrected chi connectivity index (χ1v) is 5.55. The molecule has 0 bridgehead atoms. The number of benzene rings is 1. The van der Waals surface area contributed by atoms with Gasteiger partial charge in [-0.1, -0.05) is 52.3 Å². The van der Waals surface area contributed by atoms with E-state index in [9.17, 15) is 0 Å². The Labute approximate surface area is 96.7 Å². The summed E-state index contributed by atoms with van der Waals surface area (Å²) < 4.78 is 1.26. The highest BCUT2D eigenvalue weighted by molar-refractivity contribution is 9.08. The van der Waals surface area contributed by atoms with Gasteiger partial charge in [0.25, 0.3) is 0 Å². The van der Waals surface area contributed by atoms with Crippen LogP contribution in [0.15, 0.2) is 48.7 Å². The lowest BCUT2D eigenvalue weighted by atomic mass is 10.4. The van der Waals surface area contributed by atoms with Crippen LogP contribution in [-0.4, -0.2) is 9.30 Å². The molecule has 0 aliphatic heterocycles. The van der Waals surface area contributed by atoms with Gasteiger partial charge in [-0.15, -0.1) is 0 Å². The molecular weight excluding hydrogens is 263 g/mol. The fourth-order valence-electron chi connectivity index (χ4n) is 0.793. The van der Waals surface area contributed by atoms with Crippen molar-refractivity contribution in [2.45, 2.75) is 5.33 Å². The average molecular weight is 274 g/mol. The van der Waals surface area contributed by atoms with Crippen LogP contribution < -0.4 is 0 Å². The Kier molecular flexibility index (Phi) is 5.33. The molecular formula is C10H10BrClN2. The molecule has 4 heteroatoms. The standard InChI is InChI=1S/C6H6.C4H4BrClN2/c1-2-4-6-5-3-1;5-3-4-1-2-8(6)7-4/h1-6H;1-2H,3H2. The van der Waals surface area contributed by atoms with Crippen LogP contribution in [0.3, 0.4) is 0 Å². The molecule has 0 aliphatic rings. The van der Waals surface area contributed by atoms with Crippen LogP contribution in [0.4, 0.5) is 0 Å². The Bertz CT molecular complexity index is 321. The number of halogens is 2. The summed E-state index contributed by atoms with van der Waals surface area (Å²) in [7, 11) is 0. The van der Waals surface area contributed by atoms with Crippen LogP contribution in [0.1, 0.15) is 5.69 Å². The minimum atomic E-state index is 0.757. The molecule has 0 atom stereocenters. The van der Waals surface area contributed by atoms with Crippen LogP contribution in [0.5, 0.6) is 0 Å². The van der Waals surface area contributed by atoms with E-state index in [1.54, 1.807) is 6.20 Å². The van der Waals surface area contributed by atoms with Crippen molar-refractivity contribution in [1.29, 1.82) is 0 Å². The van der Waals surface area contributed by atoms with Gasteiger partial charge < -0.3 is 0 Å². The highest BCUT2D eigenvalue weighted by Crippen LogP contribution is 2.01. The van der Waals surface area contributed by atoms with E-state index in [1.165, 1.54) is 4.20 Å². The zero-order chi connectivity index (χ0) is 10.2. The minimum absolute atomic E-state index is 0.757. The highest BCUT2D eigenvalue weighted by Gasteiger charge is 1.91. The SMILES string of the molecule is Cln1ccc(CBr)n1.c1ccccc1. The number of hydrogen-bond acceptors (Lipinski definition) is 1. The lowest BCUT2D eigenvalue weighted by molar-refractivity contribution is 0.960. The van der Waals surface area contributed by atoms with Gasteiger partial charge in [0.2, 0.25) is 0 Å². The molecule has 2 nitrogen and oxygen atoms in total. The van der Waals surface area contributed by atoms with Gasteiger partial charge in [-0.3, -0.25) is 0 Å². The summed E-state index contributed by atoms with van der Waals surface area (Å²) in [5.41, 5.74) is 0.944. The lowest BCUT2D eigenvalue weighted by Gasteiger charge is -1.79. The molecule has 0 N–H and O–H groups in total. The number of rotatable bonds is 1. The van der Waals surface area contributed by atoms with Crippen LogP contribution in [0.25, 0.3) is 0 Å². The normalized spacial score (nSPS) is 9.00. The summed E-state index contributed by atoms with van der Waals surface area (Å²) in [6, 6.07) is 13.8. The van der Waals surface area contributed by atoms with E-state index in [0.717, 1.165) is 11.0 Å². The Morgan fingerprint density at radius 2 is 1.64 bits per heavy atom. The van der Waals surface area contributed by atoms with Gasteiger partial charge in [0, 0.05) is 23.3 Å². The second-order valence-corrected chi connectivity index (χ2v) is 3.39. The summed E-state index contributed by atoms with van der Waals surface area (Å²) in [6.07, 6.45) is 1.69. The smallest absolute Gasteiger partial charge is 0.0745 e. The fraction of sp³-hybridized carbons (Fsp3) is 0.100. The van der Waals surface area contributed by atoms with Crippen molar-refractivity contribution in [2.24, 2.45) is 0 Å². The van der Waals surface area contributed by atoms with Crippen molar-refractivity contribution in [3.05, 3.63) is 54.4 Å². The second-order valence-electron chi connectivity index (χ2n) is 2.48. The van der Waals surface area contributed by atoms with Gasteiger partial charge in [-0.25, -0.2) is 0 Å². The first kappa shape index (κ1) is 11.3. The van der Waals surface area contributed by atoms with Crippen LogP contribution in [-0.2, 0) is 5.33 Å². The monoisotopic (exact) mass is 272 g/mol. The van der Waals surface area contributed by atoms with Crippen molar-refractivity contribution in [1.82, 2.24) is 9.30 Å². The quantitative estimate of drug-likeness (QED) is 0.728. The summed E-state index contributed by atoms with van der Waals surface area (Å²) >= 11 is 8.66. The van der Waals surface area contributed by atoms with Crippen LogP contribution in [0.2, 0.25) is 0 Å². The Morgan fingerprint density at radius 1 is 1.14 bits per heavy atom. The molecule has 1 aromatic heterocycles. The fourth-order valence-corrected chi connectivity index (χ4v) is 1.25. The third kappa shape index (κ3) is 4.44. The van der Waals surface area contributed by atoms with E-state index in [-0.39, 0.29) is 0 Å². The number of aromatic nitrogens is 2. The van der Waals surface area contributed by atoms with Crippen molar-refractivity contribution < 1.29 is 0 Å². The zero-order valence-corrected chi connectivity index (χ0v) is 9.82. The predicted octanol–water partition coefficient (Wildman–Crippen LogP) is 3.47. The van der Waals surface area contributed by atoms with E-state index in [2.05, 4.69) is 21.0 Å². The zero-order valence-electron chi connectivity index (χ0n) is 7.48. The molecule has 0 spiro atoms. The van der Waals surface area contributed by atoms with Crippen molar-refractivity contribution in [3.8, 4) is 0 Å². The Hall–Kier alpha value is -0.800. The number of alkyl halides is 1. The van der Waals surface area contributed by atoms with Gasteiger partial charge in [-0.2, -0.15) is 9.30 Å². The lowest BCUT2D eigenvalue weighted by Crippen LogP contribution is -1.80. The molecule has 1 aromatic carbocycles. The van der Waals surface area contributed by atoms with Gasteiger partial charge in [-0.05, 0) is 6.07 Å². The van der Waals surface area contributed by atoms with Crippen LogP contribution >= 0.6 is 27.7 Å². The van der Waals surface area contributed by atoms with Gasteiger partial charge in [0.1, 0.15) is 0 Å². The molecule has 0 fully saturated rings.